The first-order chi connectivity index (χ1) is 37.5. The van der Waals surface area contributed by atoms with Crippen LogP contribution >= 0.6 is 0 Å². The first kappa shape index (κ1) is 62.0. The van der Waals surface area contributed by atoms with Crippen LogP contribution in [0, 0.1) is 34.3 Å². The molecule has 5 N–H and O–H groups in total. The summed E-state index contributed by atoms with van der Waals surface area (Å²) in [5, 5.41) is 21.9. The maximum atomic E-state index is 16.0. The summed E-state index contributed by atoms with van der Waals surface area (Å²) in [6.45, 7) is 1.67. The number of benzene rings is 2. The number of carbonyl (C=O) groups is 4. The Balaban J connectivity index is 1.31. The van der Waals surface area contributed by atoms with E-state index in [-0.39, 0.29) is 21.4 Å². The van der Waals surface area contributed by atoms with E-state index in [0.29, 0.717) is 62.0 Å². The number of hydrazine groups is 1. The fourth-order valence-electron chi connectivity index (χ4n) is 8.70. The van der Waals surface area contributed by atoms with Gasteiger partial charge in [0.1, 0.15) is 29.5 Å². The number of aromatic nitrogens is 3. The molecular formula is C52H60F10N10O8. The molecule has 2 fully saturated rings. The van der Waals surface area contributed by atoms with Gasteiger partial charge in [0, 0.05) is 86.6 Å². The molecule has 18 nitrogen and oxygen atoms in total. The maximum Gasteiger partial charge on any atom is 0.407 e. The van der Waals surface area contributed by atoms with Crippen LogP contribution in [-0.4, -0.2) is 157 Å². The Morgan fingerprint density at radius 2 is 1.35 bits per heavy atom. The first-order valence-electron chi connectivity index (χ1n) is 24.8. The fraction of sp³-hybridized carbons (Fsp3) is 0.500. The number of carbonyl (C=O) groups excluding carboxylic acids is 4. The minimum Gasteiger partial charge on any atom is -0.453 e. The van der Waals surface area contributed by atoms with Crippen LogP contribution < -0.4 is 26.3 Å². The van der Waals surface area contributed by atoms with E-state index in [1.165, 1.54) is 24.3 Å². The van der Waals surface area contributed by atoms with E-state index < -0.39 is 115 Å². The van der Waals surface area contributed by atoms with Crippen LogP contribution in [0.4, 0.5) is 59.3 Å². The van der Waals surface area contributed by atoms with Crippen molar-refractivity contribution >= 4 is 29.8 Å². The molecule has 28 heteroatoms. The van der Waals surface area contributed by atoms with Crippen LogP contribution in [0.15, 0.2) is 67.1 Å². The number of ether oxygens (including phenoxy) is 3. The van der Waals surface area contributed by atoms with E-state index in [2.05, 4.69) is 46.5 Å². The second-order valence-electron chi connectivity index (χ2n) is 20.1. The molecule has 2 aliphatic rings. The predicted octanol–water partition coefficient (Wildman–Crippen LogP) is 6.48. The number of methoxy groups -OCH3 is 2. The summed E-state index contributed by atoms with van der Waals surface area (Å²) < 4.78 is 161. The van der Waals surface area contributed by atoms with Crippen molar-refractivity contribution in [2.75, 3.05) is 65.1 Å². The topological polar surface area (TPSA) is 205 Å². The van der Waals surface area contributed by atoms with Crippen molar-refractivity contribution in [3.8, 4) is 23.0 Å². The Morgan fingerprint density at radius 1 is 0.787 bits per heavy atom. The van der Waals surface area contributed by atoms with Crippen LogP contribution in [0.1, 0.15) is 62.9 Å². The molecule has 0 aliphatic carbocycles. The Labute approximate surface area is 453 Å². The van der Waals surface area contributed by atoms with Crippen molar-refractivity contribution in [2.24, 2.45) is 10.8 Å². The summed E-state index contributed by atoms with van der Waals surface area (Å²) in [5.41, 5.74) is -4.24. The summed E-state index contributed by atoms with van der Waals surface area (Å²) >= 11 is 0. The quantitative estimate of drug-likeness (QED) is 0.0388. The molecule has 6 rings (SSSR count). The van der Waals surface area contributed by atoms with Gasteiger partial charge in [0.15, 0.2) is 0 Å². The zero-order chi connectivity index (χ0) is 58.9. The third-order valence-corrected chi connectivity index (χ3v) is 14.0. The molecule has 4 heterocycles. The van der Waals surface area contributed by atoms with E-state index in [4.69, 9.17) is 4.74 Å². The molecule has 2 aromatic heterocycles. The molecule has 0 spiro atoms. The number of alkyl carbamates (subject to hydrolysis) is 2. The molecule has 5 unspecified atom stereocenters. The van der Waals surface area contributed by atoms with Crippen molar-refractivity contribution < 1.29 is 82.4 Å². The molecule has 2 saturated heterocycles. The predicted molar refractivity (Wildman–Crippen MR) is 267 cm³/mol. The van der Waals surface area contributed by atoms with Crippen LogP contribution in [-0.2, 0) is 36.8 Å². The van der Waals surface area contributed by atoms with Crippen LogP contribution in [0.5, 0.6) is 0 Å². The summed E-state index contributed by atoms with van der Waals surface area (Å²) in [5.74, 6) is 0.735. The molecule has 436 valence electrons. The zero-order valence-corrected chi connectivity index (χ0v) is 44.2. The highest BCUT2D eigenvalue weighted by molar-refractivity contribution is 5.87. The Morgan fingerprint density at radius 3 is 1.85 bits per heavy atom. The number of halogens is 10. The second kappa shape index (κ2) is 25.9. The van der Waals surface area contributed by atoms with Gasteiger partial charge in [-0.15, -0.1) is 0 Å². The van der Waals surface area contributed by atoms with Gasteiger partial charge in [-0.05, 0) is 88.1 Å². The number of piperazine rings is 1. The average Bonchev–Trinajstić information content (AvgIpc) is 4.22. The highest BCUT2D eigenvalue weighted by Crippen LogP contribution is 2.42. The van der Waals surface area contributed by atoms with Crippen LogP contribution in [0.3, 0.4) is 0 Å². The largest absolute Gasteiger partial charge is 0.453 e. The minimum absolute atomic E-state index is 0.174. The van der Waals surface area contributed by atoms with Crippen molar-refractivity contribution in [1.29, 1.82) is 0 Å². The third-order valence-electron chi connectivity index (χ3n) is 14.0. The lowest BCUT2D eigenvalue weighted by Crippen LogP contribution is -2.63. The number of amides is 4. The van der Waals surface area contributed by atoms with Gasteiger partial charge in [0.05, 0.1) is 50.0 Å². The normalized spacial score (nSPS) is 17.0. The van der Waals surface area contributed by atoms with Crippen molar-refractivity contribution in [3.05, 3.63) is 101 Å². The standard InChI is InChI=1S/C52H60F10N10O8/c1-49(2,51(57,58)59)42(66-47(76)78-5)44(74)65-39(21-31-10-7-30(8-11-31)9-12-32-13-14-41(63-24-32)70-18-16-69(17-19-70)35-15-20-80-29-35)40(73)28-71(68-45(75)43(67-48(77)79-6)50(3,4)52(60,61)62)27-36-37(53)22-33(23-38(36)54)34-25-64-72(26-34)46(55)56/h7-8,10-11,13-14,22-26,35,39-40,42-43,46,73H,15-21,27-29H2,1-6H3,(H,65,74)(H,66,76)(H,67,77)(H,68,75). The second-order valence-corrected chi connectivity index (χ2v) is 20.1. The summed E-state index contributed by atoms with van der Waals surface area (Å²) in [7, 11) is 1.60. The molecule has 2 aromatic carbocycles. The number of hydrogen-bond donors (Lipinski definition) is 5. The smallest absolute Gasteiger partial charge is 0.407 e. The number of nitrogens with zero attached hydrogens (tertiary/aromatic N) is 6. The molecule has 2 aliphatic heterocycles. The lowest BCUT2D eigenvalue weighted by molar-refractivity contribution is -0.221. The van der Waals surface area contributed by atoms with Crippen molar-refractivity contribution in [2.45, 2.75) is 96.3 Å². The maximum absolute atomic E-state index is 16.0. The number of anilines is 1. The molecule has 4 aromatic rings. The van der Waals surface area contributed by atoms with E-state index in [1.807, 2.05) is 22.9 Å². The van der Waals surface area contributed by atoms with Crippen LogP contribution in [0.25, 0.3) is 11.1 Å². The monoisotopic (exact) mass is 1140 g/mol. The van der Waals surface area contributed by atoms with Gasteiger partial charge in [-0.2, -0.15) is 40.2 Å². The molecule has 0 radical (unpaired) electrons. The van der Waals surface area contributed by atoms with Gasteiger partial charge in [0.2, 0.25) is 5.91 Å². The number of pyridine rings is 1. The number of hydrogen-bond acceptors (Lipinski definition) is 13. The van der Waals surface area contributed by atoms with E-state index in [0.717, 1.165) is 78.2 Å². The highest BCUT2D eigenvalue weighted by atomic mass is 19.4. The third kappa shape index (κ3) is 15.4. The minimum atomic E-state index is -5.23. The molecular weight excluding hydrogens is 1080 g/mol. The summed E-state index contributed by atoms with van der Waals surface area (Å²) in [6.07, 6.45) is -11.7. The van der Waals surface area contributed by atoms with E-state index in [9.17, 15) is 59.4 Å². The molecule has 5 atom stereocenters. The SMILES string of the molecule is COC(=O)NC(C(=O)NC(Cc1ccc(C#Cc2ccc(N3CCN(C4CCOC4)CC3)nc2)cc1)C(O)CN(Cc1c(F)cc(-c2cnn(C(F)F)c2)cc1F)NC(=O)C(NC(=O)OC)C(C)(C)C(F)(F)F)C(C)(C)C(F)(F)F. The molecule has 0 saturated carbocycles. The van der Waals surface area contributed by atoms with E-state index in [1.54, 1.807) is 11.5 Å². The van der Waals surface area contributed by atoms with E-state index >= 15 is 8.78 Å². The fourth-order valence-corrected chi connectivity index (χ4v) is 8.70. The lowest BCUT2D eigenvalue weighted by Gasteiger charge is -2.38. The molecule has 4 amide bonds. The highest BCUT2D eigenvalue weighted by Gasteiger charge is 2.57. The number of nitrogens with one attached hydrogen (secondary N) is 4. The summed E-state index contributed by atoms with van der Waals surface area (Å²) in [4.78, 5) is 62.0. The number of aliphatic hydroxyl groups is 1. The van der Waals surface area contributed by atoms with Gasteiger partial charge in [-0.1, -0.05) is 24.0 Å². The molecule has 80 heavy (non-hydrogen) atoms. The van der Waals surface area contributed by atoms with Gasteiger partial charge in [-0.3, -0.25) is 19.9 Å². The number of aliphatic hydroxyl groups excluding tert-OH is 1. The summed E-state index contributed by atoms with van der Waals surface area (Å²) in [6, 6.07) is 4.70. The Bertz CT molecular complexity index is 2820. The lowest BCUT2D eigenvalue weighted by atomic mass is 9.82. The van der Waals surface area contributed by atoms with Crippen molar-refractivity contribution in [1.82, 2.24) is 46.0 Å². The molecule has 0 bridgehead atoms. The number of rotatable bonds is 19. The Kier molecular flexibility index (Phi) is 20.1. The average molecular weight is 1140 g/mol. The van der Waals surface area contributed by atoms with Gasteiger partial charge in [0.25, 0.3) is 5.91 Å². The van der Waals surface area contributed by atoms with Crippen LogP contribution in [0.2, 0.25) is 0 Å². The number of alkyl halides is 8. The van der Waals surface area contributed by atoms with Gasteiger partial charge >= 0.3 is 31.1 Å². The van der Waals surface area contributed by atoms with Gasteiger partial charge < -0.3 is 40.2 Å². The van der Waals surface area contributed by atoms with Gasteiger partial charge in [-0.25, -0.2) is 33.0 Å². The van der Waals surface area contributed by atoms with Crippen molar-refractivity contribution in [3.63, 3.8) is 0 Å². The first-order valence-corrected chi connectivity index (χ1v) is 24.8. The Hall–Kier alpha value is -7.22. The zero-order valence-electron chi connectivity index (χ0n) is 44.2.